The summed E-state index contributed by atoms with van der Waals surface area (Å²) in [5.41, 5.74) is -1.98. The topological polar surface area (TPSA) is 117 Å². The number of nitrogens with one attached hydrogen (secondary N) is 1. The maximum absolute atomic E-state index is 13.6. The number of hydrogen-bond donors (Lipinski definition) is 1. The van der Waals surface area contributed by atoms with Crippen LogP contribution >= 0.6 is 7.75 Å². The SMILES string of the molecule is C[C@H](NP(=O)(Oc1ccccc1)Oc1c([N+](=O)[O-])cccc1C(F)(F)F)C(=O)OCc1ccccc1. The van der Waals surface area contributed by atoms with Crippen molar-refractivity contribution in [1.29, 1.82) is 0 Å². The molecule has 3 rings (SSSR count). The van der Waals surface area contributed by atoms with E-state index < -0.39 is 47.9 Å². The van der Waals surface area contributed by atoms with Crippen LogP contribution in [0.1, 0.15) is 18.1 Å². The number of carbonyl (C=O) groups excluding carboxylic acids is 1. The molecular formula is C23H20F3N2O7P. The van der Waals surface area contributed by atoms with E-state index in [9.17, 15) is 32.6 Å². The molecule has 3 aromatic rings. The van der Waals surface area contributed by atoms with Gasteiger partial charge in [-0.2, -0.15) is 18.3 Å². The Bertz CT molecular complexity index is 1260. The maximum atomic E-state index is 13.6. The predicted molar refractivity (Wildman–Crippen MR) is 122 cm³/mol. The van der Waals surface area contributed by atoms with Gasteiger partial charge in [0.2, 0.25) is 5.75 Å². The Balaban J connectivity index is 1.92. The van der Waals surface area contributed by atoms with Crippen molar-refractivity contribution in [3.05, 3.63) is 100 Å². The van der Waals surface area contributed by atoms with Gasteiger partial charge in [0.15, 0.2) is 0 Å². The number of nitrogens with zero attached hydrogens (tertiary/aromatic N) is 1. The first-order valence-corrected chi connectivity index (χ1v) is 11.9. The summed E-state index contributed by atoms with van der Waals surface area (Å²) < 4.78 is 70.1. The number of nitro groups is 1. The zero-order valence-electron chi connectivity index (χ0n) is 18.7. The molecule has 0 aliphatic carbocycles. The minimum absolute atomic E-state index is 0.0923. The van der Waals surface area contributed by atoms with Crippen LogP contribution in [0.2, 0.25) is 0 Å². The molecule has 9 nitrogen and oxygen atoms in total. The molecule has 36 heavy (non-hydrogen) atoms. The lowest BCUT2D eigenvalue weighted by Gasteiger charge is -2.24. The largest absolute Gasteiger partial charge is 0.513 e. The van der Waals surface area contributed by atoms with Crippen molar-refractivity contribution in [2.24, 2.45) is 0 Å². The van der Waals surface area contributed by atoms with Crippen LogP contribution in [0.25, 0.3) is 0 Å². The zero-order valence-corrected chi connectivity index (χ0v) is 19.6. The number of halogens is 3. The minimum atomic E-state index is -5.08. The third-order valence-electron chi connectivity index (χ3n) is 4.61. The van der Waals surface area contributed by atoms with E-state index >= 15 is 0 Å². The van der Waals surface area contributed by atoms with Gasteiger partial charge in [0, 0.05) is 6.07 Å². The fourth-order valence-electron chi connectivity index (χ4n) is 2.94. The van der Waals surface area contributed by atoms with Crippen LogP contribution in [0, 0.1) is 10.1 Å². The Morgan fingerprint density at radius 2 is 1.61 bits per heavy atom. The highest BCUT2D eigenvalue weighted by Crippen LogP contribution is 2.51. The molecule has 0 aliphatic heterocycles. The molecule has 3 aromatic carbocycles. The molecule has 0 aliphatic rings. The number of rotatable bonds is 10. The number of esters is 1. The van der Waals surface area contributed by atoms with Crippen LogP contribution in [-0.2, 0) is 26.9 Å². The first-order chi connectivity index (χ1) is 17.0. The second kappa shape index (κ2) is 11.2. The summed E-state index contributed by atoms with van der Waals surface area (Å²) in [5.74, 6) is -2.34. The Morgan fingerprint density at radius 3 is 2.19 bits per heavy atom. The van der Waals surface area contributed by atoms with Crippen molar-refractivity contribution in [1.82, 2.24) is 5.09 Å². The van der Waals surface area contributed by atoms with Crippen LogP contribution in [-0.4, -0.2) is 16.9 Å². The van der Waals surface area contributed by atoms with E-state index in [1.165, 1.54) is 31.2 Å². The average molecular weight is 524 g/mol. The fourth-order valence-corrected chi connectivity index (χ4v) is 4.50. The van der Waals surface area contributed by atoms with Gasteiger partial charge in [-0.3, -0.25) is 14.9 Å². The second-order valence-corrected chi connectivity index (χ2v) is 8.96. The molecule has 0 spiro atoms. The van der Waals surface area contributed by atoms with E-state index in [0.29, 0.717) is 11.6 Å². The Hall–Kier alpha value is -3.89. The quantitative estimate of drug-likeness (QED) is 0.151. The zero-order chi connectivity index (χ0) is 26.3. The van der Waals surface area contributed by atoms with Gasteiger partial charge >= 0.3 is 25.6 Å². The van der Waals surface area contributed by atoms with Crippen molar-refractivity contribution in [2.45, 2.75) is 25.7 Å². The molecule has 2 atom stereocenters. The lowest BCUT2D eigenvalue weighted by molar-refractivity contribution is -0.385. The molecule has 0 saturated carbocycles. The number of nitro benzene ring substituents is 1. The summed E-state index contributed by atoms with van der Waals surface area (Å²) >= 11 is 0. The molecule has 190 valence electrons. The van der Waals surface area contributed by atoms with Crippen molar-refractivity contribution >= 4 is 19.4 Å². The van der Waals surface area contributed by atoms with E-state index in [1.807, 2.05) is 0 Å². The molecule has 0 heterocycles. The highest BCUT2D eigenvalue weighted by molar-refractivity contribution is 7.52. The van der Waals surface area contributed by atoms with Gasteiger partial charge < -0.3 is 13.8 Å². The van der Waals surface area contributed by atoms with E-state index in [1.54, 1.807) is 36.4 Å². The summed E-state index contributed by atoms with van der Waals surface area (Å²) in [6.45, 7) is 1.10. The molecular weight excluding hydrogens is 504 g/mol. The number of hydrogen-bond acceptors (Lipinski definition) is 7. The molecule has 0 amide bonds. The van der Waals surface area contributed by atoms with Crippen LogP contribution in [0.3, 0.4) is 0 Å². The smallest absolute Gasteiger partial charge is 0.460 e. The van der Waals surface area contributed by atoms with E-state index in [2.05, 4.69) is 5.09 Å². The van der Waals surface area contributed by atoms with Gasteiger partial charge in [-0.05, 0) is 30.7 Å². The van der Waals surface area contributed by atoms with Gasteiger partial charge in [-0.1, -0.05) is 54.6 Å². The monoisotopic (exact) mass is 524 g/mol. The van der Waals surface area contributed by atoms with Crippen LogP contribution in [0.5, 0.6) is 11.5 Å². The van der Waals surface area contributed by atoms with Gasteiger partial charge in [-0.15, -0.1) is 0 Å². The van der Waals surface area contributed by atoms with Gasteiger partial charge in [-0.25, -0.2) is 4.57 Å². The number of ether oxygens (including phenoxy) is 1. The van der Waals surface area contributed by atoms with Crippen molar-refractivity contribution < 1.29 is 41.2 Å². The van der Waals surface area contributed by atoms with Crippen LogP contribution in [0.15, 0.2) is 78.9 Å². The van der Waals surface area contributed by atoms with Gasteiger partial charge in [0.25, 0.3) is 0 Å². The molecule has 0 saturated heterocycles. The predicted octanol–water partition coefficient (Wildman–Crippen LogP) is 5.90. The third-order valence-corrected chi connectivity index (χ3v) is 6.18. The Kier molecular flexibility index (Phi) is 8.33. The lowest BCUT2D eigenvalue weighted by atomic mass is 10.1. The van der Waals surface area contributed by atoms with Crippen LogP contribution in [0.4, 0.5) is 18.9 Å². The van der Waals surface area contributed by atoms with Crippen LogP contribution < -0.4 is 14.1 Å². The molecule has 1 unspecified atom stereocenters. The highest BCUT2D eigenvalue weighted by atomic mass is 31.2. The third kappa shape index (κ3) is 7.06. The summed E-state index contributed by atoms with van der Waals surface area (Å²) in [6.07, 6.45) is -5.08. The average Bonchev–Trinajstić information content (AvgIpc) is 2.82. The van der Waals surface area contributed by atoms with E-state index in [0.717, 1.165) is 12.1 Å². The number of alkyl halides is 3. The first-order valence-electron chi connectivity index (χ1n) is 10.4. The molecule has 0 fully saturated rings. The van der Waals surface area contributed by atoms with E-state index in [-0.39, 0.29) is 12.4 Å². The highest BCUT2D eigenvalue weighted by Gasteiger charge is 2.43. The summed E-state index contributed by atoms with van der Waals surface area (Å²) in [5, 5.41) is 13.6. The van der Waals surface area contributed by atoms with Gasteiger partial charge in [0.05, 0.1) is 4.92 Å². The summed E-state index contributed by atoms with van der Waals surface area (Å²) in [6, 6.07) is 16.6. The van der Waals surface area contributed by atoms with Crippen molar-refractivity contribution in [3.63, 3.8) is 0 Å². The summed E-state index contributed by atoms with van der Waals surface area (Å²) in [7, 11) is -4.89. The minimum Gasteiger partial charge on any atom is -0.460 e. The maximum Gasteiger partial charge on any atom is 0.513 e. The number of benzene rings is 3. The Morgan fingerprint density at radius 1 is 1.00 bits per heavy atom. The van der Waals surface area contributed by atoms with Gasteiger partial charge in [0.1, 0.15) is 24.0 Å². The molecule has 13 heteroatoms. The normalized spacial score (nSPS) is 13.8. The van der Waals surface area contributed by atoms with E-state index in [4.69, 9.17) is 13.8 Å². The standard InChI is InChI=1S/C23H20F3N2O7P/c1-16(22(29)33-15-17-9-4-2-5-10-17)27-36(32,34-18-11-6-3-7-12-18)35-21-19(23(24,25)26)13-8-14-20(21)28(30)31/h2-14,16H,15H2,1H3,(H,27,32)/t16-,36?/m0/s1. The van der Waals surface area contributed by atoms with Crippen molar-refractivity contribution in [3.8, 4) is 11.5 Å². The molecule has 0 aromatic heterocycles. The first kappa shape index (κ1) is 26.7. The fraction of sp³-hybridized carbons (Fsp3) is 0.174. The van der Waals surface area contributed by atoms with Crippen molar-refractivity contribution in [2.75, 3.05) is 0 Å². The molecule has 0 bridgehead atoms. The lowest BCUT2D eigenvalue weighted by Crippen LogP contribution is -2.36. The Labute approximate surface area is 203 Å². The molecule has 1 N–H and O–H groups in total. The summed E-state index contributed by atoms with van der Waals surface area (Å²) in [4.78, 5) is 22.8. The molecule has 0 radical (unpaired) electrons. The number of carbonyl (C=O) groups is 1. The second-order valence-electron chi connectivity index (χ2n) is 7.35. The number of para-hydroxylation sites is 2.